The number of piperidine rings is 1. The van der Waals surface area contributed by atoms with Gasteiger partial charge in [-0.05, 0) is 43.6 Å². The Morgan fingerprint density at radius 1 is 1.26 bits per heavy atom. The van der Waals surface area contributed by atoms with Gasteiger partial charge in [-0.25, -0.2) is 0 Å². The standard InChI is InChI=1S/C13H16ClF3N2/c14-12-2-1-9(7-11(12)13(15,16)17)8-19-5-3-10(18)4-6-19/h1-2,7,10H,3-6,8,18H2. The van der Waals surface area contributed by atoms with E-state index in [2.05, 4.69) is 4.90 Å². The van der Waals surface area contributed by atoms with E-state index in [1.165, 1.54) is 6.07 Å². The maximum absolute atomic E-state index is 12.7. The molecule has 1 aromatic carbocycles. The fourth-order valence-corrected chi connectivity index (χ4v) is 2.48. The number of hydrogen-bond acceptors (Lipinski definition) is 2. The number of nitrogens with two attached hydrogens (primary N) is 1. The molecule has 106 valence electrons. The summed E-state index contributed by atoms with van der Waals surface area (Å²) in [5.74, 6) is 0. The van der Waals surface area contributed by atoms with E-state index in [-0.39, 0.29) is 11.1 Å². The lowest BCUT2D eigenvalue weighted by atomic mass is 10.0. The summed E-state index contributed by atoms with van der Waals surface area (Å²) in [6, 6.07) is 4.31. The van der Waals surface area contributed by atoms with Gasteiger partial charge in [0.05, 0.1) is 10.6 Å². The van der Waals surface area contributed by atoms with E-state index in [1.807, 2.05) is 0 Å². The normalized spacial score (nSPS) is 18.8. The van der Waals surface area contributed by atoms with Crippen LogP contribution in [-0.4, -0.2) is 24.0 Å². The third kappa shape index (κ3) is 3.84. The van der Waals surface area contributed by atoms with Crippen LogP contribution in [0.4, 0.5) is 13.2 Å². The van der Waals surface area contributed by atoms with Crippen molar-refractivity contribution >= 4 is 11.6 Å². The highest BCUT2D eigenvalue weighted by molar-refractivity contribution is 6.31. The number of rotatable bonds is 2. The van der Waals surface area contributed by atoms with Gasteiger partial charge in [0.25, 0.3) is 0 Å². The second-order valence-electron chi connectivity index (χ2n) is 4.93. The lowest BCUT2D eigenvalue weighted by Crippen LogP contribution is -2.39. The molecule has 0 aliphatic carbocycles. The first-order valence-electron chi connectivity index (χ1n) is 6.20. The van der Waals surface area contributed by atoms with E-state index in [4.69, 9.17) is 17.3 Å². The third-order valence-electron chi connectivity index (χ3n) is 3.37. The minimum absolute atomic E-state index is 0.215. The molecule has 2 nitrogen and oxygen atoms in total. The Kier molecular flexibility index (Phi) is 4.38. The second kappa shape index (κ2) is 5.69. The van der Waals surface area contributed by atoms with Crippen LogP contribution >= 0.6 is 11.6 Å². The molecule has 0 bridgehead atoms. The molecule has 19 heavy (non-hydrogen) atoms. The van der Waals surface area contributed by atoms with Crippen LogP contribution in [0.2, 0.25) is 5.02 Å². The van der Waals surface area contributed by atoms with Crippen LogP contribution in [0.15, 0.2) is 18.2 Å². The fourth-order valence-electron chi connectivity index (χ4n) is 2.26. The molecule has 0 unspecified atom stereocenters. The number of alkyl halides is 3. The molecule has 1 aliphatic heterocycles. The van der Waals surface area contributed by atoms with Crippen LogP contribution < -0.4 is 5.73 Å². The smallest absolute Gasteiger partial charge is 0.328 e. The van der Waals surface area contributed by atoms with Crippen molar-refractivity contribution in [3.05, 3.63) is 34.3 Å². The number of likely N-dealkylation sites (tertiary alicyclic amines) is 1. The Hall–Kier alpha value is -0.780. The van der Waals surface area contributed by atoms with Gasteiger partial charge in [0.2, 0.25) is 0 Å². The zero-order valence-electron chi connectivity index (χ0n) is 10.4. The van der Waals surface area contributed by atoms with Crippen LogP contribution in [0.1, 0.15) is 24.0 Å². The van der Waals surface area contributed by atoms with E-state index < -0.39 is 11.7 Å². The Morgan fingerprint density at radius 3 is 2.47 bits per heavy atom. The predicted octanol–water partition coefficient (Wildman–Crippen LogP) is 3.28. The summed E-state index contributed by atoms with van der Waals surface area (Å²) in [6.45, 7) is 2.16. The zero-order valence-corrected chi connectivity index (χ0v) is 11.1. The highest BCUT2D eigenvalue weighted by atomic mass is 35.5. The first-order valence-corrected chi connectivity index (χ1v) is 6.57. The van der Waals surface area contributed by atoms with Crippen molar-refractivity contribution in [3.63, 3.8) is 0 Å². The zero-order chi connectivity index (χ0) is 14.0. The number of halogens is 4. The second-order valence-corrected chi connectivity index (χ2v) is 5.33. The first kappa shape index (κ1) is 14.6. The summed E-state index contributed by atoms with van der Waals surface area (Å²) < 4.78 is 38.2. The number of hydrogen-bond donors (Lipinski definition) is 1. The fraction of sp³-hybridized carbons (Fsp3) is 0.538. The van der Waals surface area contributed by atoms with E-state index in [0.717, 1.165) is 32.0 Å². The van der Waals surface area contributed by atoms with Crippen LogP contribution in [0.5, 0.6) is 0 Å². The largest absolute Gasteiger partial charge is 0.417 e. The lowest BCUT2D eigenvalue weighted by Gasteiger charge is -2.30. The topological polar surface area (TPSA) is 29.3 Å². The Morgan fingerprint density at radius 2 is 1.89 bits per heavy atom. The summed E-state index contributed by atoms with van der Waals surface area (Å²) in [5, 5.41) is -0.253. The van der Waals surface area contributed by atoms with Crippen LogP contribution in [0.25, 0.3) is 0 Å². The molecule has 1 saturated heterocycles. The van der Waals surface area contributed by atoms with Gasteiger partial charge in [-0.2, -0.15) is 13.2 Å². The molecule has 0 amide bonds. The van der Waals surface area contributed by atoms with Gasteiger partial charge in [-0.15, -0.1) is 0 Å². The molecule has 2 rings (SSSR count). The molecule has 0 atom stereocenters. The van der Waals surface area contributed by atoms with E-state index >= 15 is 0 Å². The van der Waals surface area contributed by atoms with Gasteiger partial charge in [-0.3, -0.25) is 4.90 Å². The van der Waals surface area contributed by atoms with Gasteiger partial charge in [0.15, 0.2) is 0 Å². The van der Waals surface area contributed by atoms with Crippen molar-refractivity contribution in [1.82, 2.24) is 4.90 Å². The van der Waals surface area contributed by atoms with E-state index in [9.17, 15) is 13.2 Å². The maximum Gasteiger partial charge on any atom is 0.417 e. The average molecular weight is 293 g/mol. The van der Waals surface area contributed by atoms with Gasteiger partial charge >= 0.3 is 6.18 Å². The summed E-state index contributed by atoms with van der Waals surface area (Å²) in [4.78, 5) is 2.12. The first-order chi connectivity index (χ1) is 8.86. The summed E-state index contributed by atoms with van der Waals surface area (Å²) in [6.07, 6.45) is -2.63. The quantitative estimate of drug-likeness (QED) is 0.906. The van der Waals surface area contributed by atoms with Crippen molar-refractivity contribution in [2.75, 3.05) is 13.1 Å². The van der Waals surface area contributed by atoms with Crippen molar-refractivity contribution in [3.8, 4) is 0 Å². The highest BCUT2D eigenvalue weighted by Crippen LogP contribution is 2.35. The SMILES string of the molecule is NC1CCN(Cc2ccc(Cl)c(C(F)(F)F)c2)CC1. The molecule has 0 aromatic heterocycles. The van der Waals surface area contributed by atoms with Crippen molar-refractivity contribution < 1.29 is 13.2 Å². The molecule has 1 aromatic rings. The minimum Gasteiger partial charge on any atom is -0.328 e. The Labute approximate surface area is 115 Å². The van der Waals surface area contributed by atoms with Gasteiger partial charge in [0.1, 0.15) is 0 Å². The molecule has 0 spiro atoms. The highest BCUT2D eigenvalue weighted by Gasteiger charge is 2.33. The average Bonchev–Trinajstić information content (AvgIpc) is 2.33. The van der Waals surface area contributed by atoms with E-state index in [1.54, 1.807) is 6.07 Å². The molecular formula is C13H16ClF3N2. The number of nitrogens with zero attached hydrogens (tertiary/aromatic N) is 1. The third-order valence-corrected chi connectivity index (χ3v) is 3.70. The monoisotopic (exact) mass is 292 g/mol. The Balaban J connectivity index is 2.09. The van der Waals surface area contributed by atoms with Crippen molar-refractivity contribution in [2.45, 2.75) is 31.6 Å². The predicted molar refractivity (Wildman–Crippen MR) is 68.9 cm³/mol. The molecule has 0 saturated carbocycles. The summed E-state index contributed by atoms with van der Waals surface area (Å²) in [7, 11) is 0. The van der Waals surface area contributed by atoms with Crippen LogP contribution in [-0.2, 0) is 12.7 Å². The minimum atomic E-state index is -4.41. The van der Waals surface area contributed by atoms with Crippen LogP contribution in [0.3, 0.4) is 0 Å². The molecule has 0 radical (unpaired) electrons. The van der Waals surface area contributed by atoms with Crippen molar-refractivity contribution in [1.29, 1.82) is 0 Å². The Bertz CT molecular complexity index is 440. The van der Waals surface area contributed by atoms with Gasteiger partial charge < -0.3 is 5.73 Å². The molecular weight excluding hydrogens is 277 g/mol. The van der Waals surface area contributed by atoms with E-state index in [0.29, 0.717) is 12.1 Å². The summed E-state index contributed by atoms with van der Waals surface area (Å²) in [5.41, 5.74) is 5.67. The number of benzene rings is 1. The van der Waals surface area contributed by atoms with Crippen LogP contribution in [0, 0.1) is 0 Å². The van der Waals surface area contributed by atoms with Gasteiger partial charge in [0, 0.05) is 12.6 Å². The molecule has 6 heteroatoms. The maximum atomic E-state index is 12.7. The molecule has 1 aliphatic rings. The molecule has 1 heterocycles. The molecule has 1 fully saturated rings. The van der Waals surface area contributed by atoms with Gasteiger partial charge in [-0.1, -0.05) is 17.7 Å². The summed E-state index contributed by atoms with van der Waals surface area (Å²) >= 11 is 5.59. The molecule has 2 N–H and O–H groups in total. The van der Waals surface area contributed by atoms with Crippen molar-refractivity contribution in [2.24, 2.45) is 5.73 Å². The lowest BCUT2D eigenvalue weighted by molar-refractivity contribution is -0.137.